The van der Waals surface area contributed by atoms with E-state index in [0.717, 1.165) is 121 Å². The Kier molecular flexibility index (Phi) is 22.9. The van der Waals surface area contributed by atoms with Crippen LogP contribution in [0.5, 0.6) is 0 Å². The first-order valence-electron chi connectivity index (χ1n) is 44.5. The topological polar surface area (TPSA) is 230 Å². The quantitative estimate of drug-likeness (QED) is 0.111. The molecule has 0 N–H and O–H groups in total. The van der Waals surface area contributed by atoms with Crippen LogP contribution in [0.3, 0.4) is 0 Å². The van der Waals surface area contributed by atoms with Gasteiger partial charge in [-0.15, -0.1) is 0 Å². The summed E-state index contributed by atoms with van der Waals surface area (Å²) in [5.41, 5.74) is 18.7. The summed E-state index contributed by atoms with van der Waals surface area (Å²) < 4.78 is 14.6. The molecule has 4 aliphatic rings. The van der Waals surface area contributed by atoms with Crippen LogP contribution in [0.15, 0.2) is 157 Å². The standard InChI is InChI=1S/C108H112N16O2Si2.2Co/c1-101(2,3)63-35-43-71-79(51-63)95-114-86-70-42-32-60(50-78(70)94(112-86)123-98-83-55-67(105(13,14)15)39-47-75(83)91(121-98)119-96-80-52-64(102(4,5)6)36-44-72(80)89(116-96)110-88(71)115-95)30-34-62(58-126-128(27,28)108(22,23)24)61(57-125-127(25,26)107(19,20)21)33-29-59-31-41-69-77(49-59)93-111-85(69)109-87-73-45-37-66(104(10,11)12)54-82(73)99(117-87)124-100-84-56-68(106(16,17)18)40-48-76(84)92(122-100)120-97-81-53-65(103(7,8)9)38-46-74(81)90(113-93)118-97;;/h31-32,35-56H,57-58H2,1-28H3;;/q-4;2*+2/b62-61+;;. The SMILES string of the molecule is CC(C)(C)c1ccc2c(c1)-c1nc-2nc2[n-]c(nc3nc(nc4[n-]c(n1)c1ccc(C(C)(C)C)cc41)-c1cc(C#C/C(CO[Si](C)(C)C(C)(C)C)=C(/C#Cc4ccc5c(c4)-c4nc-5nc5[n-]c(nc6nc(nc7[n-]c(n4)c4ccc(C(C)(C)C)cc74)-c4ccc(C(C)(C)C)cc4-6)c4cc(C(C)(C)C)ccc54)CO[Si](C)(C)C(C)(C)C)ccc1-3)c1cc(C(C)(C)C)ccc21.[Co+2].[Co+2]. The summed E-state index contributed by atoms with van der Waals surface area (Å²) in [6, 6.07) is 51.0. The molecule has 10 heterocycles. The Morgan fingerprint density at radius 3 is 0.677 bits per heavy atom. The summed E-state index contributed by atoms with van der Waals surface area (Å²) in [7, 11) is -4.95. The molecular weight excluding hydrogens is 1730 g/mol. The van der Waals surface area contributed by atoms with Crippen LogP contribution in [0, 0.1) is 23.7 Å². The number of fused-ring (bicyclic) bond motifs is 40. The average molecular weight is 1840 g/mol. The van der Waals surface area contributed by atoms with Gasteiger partial charge >= 0.3 is 33.6 Å². The van der Waals surface area contributed by atoms with Crippen molar-refractivity contribution in [2.45, 2.75) is 235 Å². The average Bonchev–Trinajstić information content (AvgIpc) is 1.59. The molecule has 0 fully saturated rings. The zero-order valence-corrected chi connectivity index (χ0v) is 84.0. The van der Waals surface area contributed by atoms with Gasteiger partial charge in [0.1, 0.15) is 0 Å². The van der Waals surface area contributed by atoms with Crippen molar-refractivity contribution < 1.29 is 42.4 Å². The molecule has 2 radical (unpaired) electrons. The summed E-state index contributed by atoms with van der Waals surface area (Å²) in [4.78, 5) is 86.3. The van der Waals surface area contributed by atoms with Gasteiger partial charge in [0.2, 0.25) is 0 Å². The van der Waals surface area contributed by atoms with Crippen molar-refractivity contribution in [2.75, 3.05) is 13.2 Å². The van der Waals surface area contributed by atoms with E-state index < -0.39 is 16.6 Å². The minimum absolute atomic E-state index is 0. The fourth-order valence-electron chi connectivity index (χ4n) is 15.9. The van der Waals surface area contributed by atoms with Crippen LogP contribution in [-0.2, 0) is 74.9 Å². The molecule has 0 aliphatic carbocycles. The van der Waals surface area contributed by atoms with Gasteiger partial charge in [0, 0.05) is 112 Å². The molecule has 662 valence electrons. The van der Waals surface area contributed by atoms with Crippen LogP contribution in [0.25, 0.3) is 179 Å². The van der Waals surface area contributed by atoms with Crippen molar-refractivity contribution >= 4 is 105 Å². The van der Waals surface area contributed by atoms with E-state index in [-0.39, 0.29) is 89.3 Å². The predicted molar refractivity (Wildman–Crippen MR) is 527 cm³/mol. The molecule has 18 rings (SSSR count). The molecule has 22 heteroatoms. The van der Waals surface area contributed by atoms with Crippen LogP contribution in [0.1, 0.15) is 211 Å². The number of nitrogens with zero attached hydrogens (tertiary/aromatic N) is 16. The van der Waals surface area contributed by atoms with Gasteiger partial charge < -0.3 is 68.7 Å². The third kappa shape index (κ3) is 17.3. The summed E-state index contributed by atoms with van der Waals surface area (Å²) in [6.45, 7) is 62.8. The molecule has 130 heavy (non-hydrogen) atoms. The van der Waals surface area contributed by atoms with Crippen molar-refractivity contribution in [2.24, 2.45) is 0 Å². The van der Waals surface area contributed by atoms with Crippen LogP contribution < -0.4 is 19.9 Å². The van der Waals surface area contributed by atoms with Crippen molar-refractivity contribution in [3.63, 3.8) is 0 Å². The van der Waals surface area contributed by atoms with Crippen molar-refractivity contribution in [1.29, 1.82) is 0 Å². The van der Waals surface area contributed by atoms with E-state index in [0.29, 0.717) is 114 Å². The number of rotatable bonds is 6. The first-order valence-corrected chi connectivity index (χ1v) is 50.3. The van der Waals surface area contributed by atoms with Crippen molar-refractivity contribution in [3.8, 4) is 115 Å². The van der Waals surface area contributed by atoms with Gasteiger partial charge in [-0.25, -0.2) is 19.9 Å². The Hall–Kier alpha value is -11.3. The number of aromatic nitrogens is 16. The van der Waals surface area contributed by atoms with E-state index in [1.165, 1.54) is 0 Å². The Bertz CT molecular complexity index is 7630. The fraction of sp³-hybridized carbons (Fsp3) is 0.352. The van der Waals surface area contributed by atoms with E-state index >= 15 is 0 Å². The first-order chi connectivity index (χ1) is 59.8. The Balaban J connectivity index is 0.00000618. The molecule has 6 aromatic heterocycles. The second kappa shape index (κ2) is 32.3. The van der Waals surface area contributed by atoms with Crippen LogP contribution in [-0.4, -0.2) is 89.7 Å². The van der Waals surface area contributed by atoms with Gasteiger partial charge in [-0.05, 0) is 206 Å². The first kappa shape index (κ1) is 92.0. The van der Waals surface area contributed by atoms with Gasteiger partial charge in [-0.3, -0.25) is 0 Å². The normalized spacial score (nSPS) is 13.4. The van der Waals surface area contributed by atoms with Gasteiger partial charge in [-0.2, -0.15) is 0 Å². The van der Waals surface area contributed by atoms with E-state index in [4.69, 9.17) is 88.6 Å². The summed E-state index contributed by atoms with van der Waals surface area (Å²) in [6.07, 6.45) is 0. The van der Waals surface area contributed by atoms with E-state index in [2.05, 4.69) is 337 Å². The van der Waals surface area contributed by atoms with Crippen LogP contribution >= 0.6 is 0 Å². The Morgan fingerprint density at radius 2 is 0.446 bits per heavy atom. The van der Waals surface area contributed by atoms with Crippen LogP contribution in [0.4, 0.5) is 0 Å². The van der Waals surface area contributed by atoms with Gasteiger partial charge in [0.15, 0.2) is 16.6 Å². The zero-order valence-electron chi connectivity index (χ0n) is 79.9. The van der Waals surface area contributed by atoms with E-state index in [1.807, 2.05) is 24.3 Å². The van der Waals surface area contributed by atoms with Gasteiger partial charge in [-0.1, -0.05) is 275 Å². The Labute approximate surface area is 785 Å². The number of hydrogen-bond donors (Lipinski definition) is 0. The molecule has 0 unspecified atom stereocenters. The molecule has 8 aromatic carbocycles. The maximum atomic E-state index is 7.29. The monoisotopic (exact) mass is 1840 g/mol. The molecule has 0 saturated heterocycles. The zero-order chi connectivity index (χ0) is 91.2. The largest absolute Gasteiger partial charge is 2.00 e. The van der Waals surface area contributed by atoms with Crippen molar-refractivity contribution in [1.82, 2.24) is 79.7 Å². The minimum Gasteiger partial charge on any atom is -0.412 e. The molecule has 0 amide bonds. The van der Waals surface area contributed by atoms with E-state index in [9.17, 15) is 0 Å². The predicted octanol–water partition coefficient (Wildman–Crippen LogP) is 25.1. The summed E-state index contributed by atoms with van der Waals surface area (Å²) in [5.74, 6) is 18.5. The molecule has 4 aliphatic heterocycles. The third-order valence-corrected chi connectivity index (χ3v) is 35.4. The molecule has 16 bridgehead atoms. The Morgan fingerprint density at radius 1 is 0.246 bits per heavy atom. The molecule has 0 spiro atoms. The van der Waals surface area contributed by atoms with Gasteiger partial charge in [0.25, 0.3) is 0 Å². The smallest absolute Gasteiger partial charge is 0.412 e. The molecule has 14 aromatic rings. The van der Waals surface area contributed by atoms with E-state index in [1.54, 1.807) is 0 Å². The van der Waals surface area contributed by atoms with Gasteiger partial charge in [0.05, 0.1) is 59.8 Å². The molecular formula is C108H112Co2N16O2Si2. The number of benzene rings is 8. The summed E-state index contributed by atoms with van der Waals surface area (Å²) in [5, 5.41) is 6.39. The molecule has 0 saturated carbocycles. The van der Waals surface area contributed by atoms with Crippen molar-refractivity contribution in [3.05, 3.63) is 201 Å². The minimum atomic E-state index is -2.48. The maximum Gasteiger partial charge on any atom is 2.00 e. The molecule has 18 nitrogen and oxygen atoms in total. The third-order valence-electron chi connectivity index (χ3n) is 26.4. The number of hydrogen-bond acceptors (Lipinski definition) is 14. The second-order valence-electron chi connectivity index (χ2n) is 44.1. The summed E-state index contributed by atoms with van der Waals surface area (Å²) >= 11 is 0. The molecule has 0 atom stereocenters. The van der Waals surface area contributed by atoms with Crippen LogP contribution in [0.2, 0.25) is 36.3 Å². The fourth-order valence-corrected chi connectivity index (χ4v) is 17.8. The maximum absolute atomic E-state index is 7.29. The second-order valence-corrected chi connectivity index (χ2v) is 53.7.